The van der Waals surface area contributed by atoms with Crippen LogP contribution in [-0.4, -0.2) is 35.4 Å². The van der Waals surface area contributed by atoms with Gasteiger partial charge < -0.3 is 15.0 Å². The summed E-state index contributed by atoms with van der Waals surface area (Å²) in [7, 11) is 0. The highest BCUT2D eigenvalue weighted by molar-refractivity contribution is 5.88. The Labute approximate surface area is 185 Å². The molecule has 5 nitrogen and oxygen atoms in total. The van der Waals surface area contributed by atoms with Crippen LogP contribution in [0.3, 0.4) is 0 Å². The molecule has 0 radical (unpaired) electrons. The number of benzene rings is 2. The maximum atomic E-state index is 13.2. The maximum absolute atomic E-state index is 13.2. The van der Waals surface area contributed by atoms with Crippen molar-refractivity contribution in [2.45, 2.75) is 71.0 Å². The minimum atomic E-state index is -0.518. The Hall–Kier alpha value is -2.82. The normalized spacial score (nSPS) is 15.2. The third-order valence-electron chi connectivity index (χ3n) is 5.89. The second-order valence-electron chi connectivity index (χ2n) is 8.38. The molecule has 2 aromatic carbocycles. The van der Waals surface area contributed by atoms with Gasteiger partial charge in [0.15, 0.2) is 6.61 Å². The molecule has 5 heteroatoms. The van der Waals surface area contributed by atoms with Crippen LogP contribution in [0.5, 0.6) is 5.75 Å². The van der Waals surface area contributed by atoms with E-state index in [2.05, 4.69) is 5.32 Å². The predicted molar refractivity (Wildman–Crippen MR) is 123 cm³/mol. The molecule has 0 bridgehead atoms. The van der Waals surface area contributed by atoms with Crippen molar-refractivity contribution in [1.29, 1.82) is 0 Å². The molecule has 166 valence electrons. The molecule has 2 amide bonds. The van der Waals surface area contributed by atoms with Gasteiger partial charge in [0.1, 0.15) is 11.8 Å². The molecule has 0 unspecified atom stereocenters. The van der Waals surface area contributed by atoms with E-state index in [1.165, 1.54) is 6.42 Å². The van der Waals surface area contributed by atoms with Gasteiger partial charge in [-0.15, -0.1) is 0 Å². The summed E-state index contributed by atoms with van der Waals surface area (Å²) < 4.78 is 5.77. The van der Waals surface area contributed by atoms with Crippen molar-refractivity contribution >= 4 is 11.8 Å². The highest BCUT2D eigenvalue weighted by atomic mass is 16.5. The van der Waals surface area contributed by atoms with Gasteiger partial charge in [0.2, 0.25) is 5.91 Å². The van der Waals surface area contributed by atoms with E-state index in [1.807, 2.05) is 68.4 Å². The van der Waals surface area contributed by atoms with Gasteiger partial charge in [-0.3, -0.25) is 9.59 Å². The third-order valence-corrected chi connectivity index (χ3v) is 5.89. The number of rotatable bonds is 9. The van der Waals surface area contributed by atoms with Gasteiger partial charge in [0.25, 0.3) is 5.91 Å². The van der Waals surface area contributed by atoms with E-state index in [-0.39, 0.29) is 24.5 Å². The molecule has 1 fully saturated rings. The Kier molecular flexibility index (Phi) is 8.51. The first-order chi connectivity index (χ1) is 15.1. The first-order valence-electron chi connectivity index (χ1n) is 11.4. The van der Waals surface area contributed by atoms with E-state index in [1.54, 1.807) is 4.90 Å². The molecule has 31 heavy (non-hydrogen) atoms. The van der Waals surface area contributed by atoms with Crippen LogP contribution in [0.2, 0.25) is 0 Å². The molecule has 0 heterocycles. The summed E-state index contributed by atoms with van der Waals surface area (Å²) >= 11 is 0. The zero-order valence-electron chi connectivity index (χ0n) is 18.7. The smallest absolute Gasteiger partial charge is 0.261 e. The maximum Gasteiger partial charge on any atom is 0.261 e. The molecule has 0 aliphatic heterocycles. The number of nitrogens with zero attached hydrogens (tertiary/aromatic N) is 1. The fourth-order valence-corrected chi connectivity index (χ4v) is 4.18. The largest absolute Gasteiger partial charge is 0.484 e. The minimum Gasteiger partial charge on any atom is -0.484 e. The Bertz CT molecular complexity index is 847. The summed E-state index contributed by atoms with van der Waals surface area (Å²) in [4.78, 5) is 28.0. The molecule has 0 spiro atoms. The van der Waals surface area contributed by atoms with Gasteiger partial charge in [-0.25, -0.2) is 0 Å². The Balaban J connectivity index is 1.72. The monoisotopic (exact) mass is 422 g/mol. The fraction of sp³-hybridized carbons (Fsp3) is 0.462. The van der Waals surface area contributed by atoms with E-state index >= 15 is 0 Å². The summed E-state index contributed by atoms with van der Waals surface area (Å²) in [6.45, 7) is 4.23. The van der Waals surface area contributed by atoms with Gasteiger partial charge in [-0.05, 0) is 49.4 Å². The molecule has 2 aromatic rings. The fourth-order valence-electron chi connectivity index (χ4n) is 4.18. The lowest BCUT2D eigenvalue weighted by molar-refractivity contribution is -0.143. The van der Waals surface area contributed by atoms with Crippen LogP contribution in [0.25, 0.3) is 0 Å². The summed E-state index contributed by atoms with van der Waals surface area (Å²) in [5, 5.41) is 3.20. The van der Waals surface area contributed by atoms with Gasteiger partial charge in [0, 0.05) is 12.6 Å². The summed E-state index contributed by atoms with van der Waals surface area (Å²) in [6.07, 6.45) is 6.13. The van der Waals surface area contributed by atoms with E-state index in [0.717, 1.165) is 36.8 Å². The Morgan fingerprint density at radius 2 is 1.81 bits per heavy atom. The van der Waals surface area contributed by atoms with Crippen LogP contribution in [-0.2, 0) is 16.1 Å². The standard InChI is InChI=1S/C26H34N2O3/c1-3-24(26(30)27-22-14-8-5-9-15-22)28(18-21-12-6-4-7-13-21)25(29)19-31-23-16-10-11-20(2)17-23/h4,6-7,10-13,16-17,22,24H,3,5,8-9,14-15,18-19H2,1-2H3,(H,27,30)/t24-/m1/s1. The van der Waals surface area contributed by atoms with Gasteiger partial charge >= 0.3 is 0 Å². The number of hydrogen-bond acceptors (Lipinski definition) is 3. The summed E-state index contributed by atoms with van der Waals surface area (Å²) in [5.74, 6) is 0.415. The van der Waals surface area contributed by atoms with Crippen LogP contribution in [0, 0.1) is 6.92 Å². The summed E-state index contributed by atoms with van der Waals surface area (Å²) in [6, 6.07) is 17.1. The number of ether oxygens (including phenoxy) is 1. The highest BCUT2D eigenvalue weighted by Gasteiger charge is 2.30. The molecule has 0 saturated heterocycles. The van der Waals surface area contributed by atoms with Crippen LogP contribution >= 0.6 is 0 Å². The lowest BCUT2D eigenvalue weighted by Gasteiger charge is -2.32. The molecular weight excluding hydrogens is 388 g/mol. The second kappa shape index (κ2) is 11.5. The zero-order chi connectivity index (χ0) is 22.1. The first kappa shape index (κ1) is 22.9. The van der Waals surface area contributed by atoms with Crippen molar-refractivity contribution in [3.8, 4) is 5.75 Å². The molecule has 1 N–H and O–H groups in total. The van der Waals surface area contributed by atoms with Gasteiger partial charge in [-0.2, -0.15) is 0 Å². The highest BCUT2D eigenvalue weighted by Crippen LogP contribution is 2.19. The minimum absolute atomic E-state index is 0.0609. The van der Waals surface area contributed by atoms with Crippen LogP contribution < -0.4 is 10.1 Å². The predicted octanol–water partition coefficient (Wildman–Crippen LogP) is 4.63. The quantitative estimate of drug-likeness (QED) is 0.641. The average Bonchev–Trinajstić information content (AvgIpc) is 2.79. The number of amides is 2. The Morgan fingerprint density at radius 3 is 2.48 bits per heavy atom. The molecule has 1 aliphatic carbocycles. The zero-order valence-corrected chi connectivity index (χ0v) is 18.7. The molecule has 1 saturated carbocycles. The average molecular weight is 423 g/mol. The van der Waals surface area contributed by atoms with Crippen LogP contribution in [0.15, 0.2) is 54.6 Å². The van der Waals surface area contributed by atoms with Crippen molar-refractivity contribution in [3.63, 3.8) is 0 Å². The lowest BCUT2D eigenvalue weighted by atomic mass is 9.95. The van der Waals surface area contributed by atoms with E-state index in [4.69, 9.17) is 4.74 Å². The van der Waals surface area contributed by atoms with Crippen molar-refractivity contribution in [3.05, 3.63) is 65.7 Å². The van der Waals surface area contributed by atoms with Crippen LogP contribution in [0.1, 0.15) is 56.6 Å². The number of carbonyl (C=O) groups excluding carboxylic acids is 2. The van der Waals surface area contributed by atoms with E-state index in [9.17, 15) is 9.59 Å². The molecule has 3 rings (SSSR count). The topological polar surface area (TPSA) is 58.6 Å². The SMILES string of the molecule is CC[C@H](C(=O)NC1CCCCC1)N(Cc1ccccc1)C(=O)COc1cccc(C)c1. The van der Waals surface area contributed by atoms with Gasteiger partial charge in [0.05, 0.1) is 0 Å². The van der Waals surface area contributed by atoms with E-state index in [0.29, 0.717) is 18.7 Å². The Morgan fingerprint density at radius 1 is 1.06 bits per heavy atom. The first-order valence-corrected chi connectivity index (χ1v) is 11.4. The van der Waals surface area contributed by atoms with Crippen molar-refractivity contribution < 1.29 is 14.3 Å². The second-order valence-corrected chi connectivity index (χ2v) is 8.38. The van der Waals surface area contributed by atoms with Crippen molar-refractivity contribution in [1.82, 2.24) is 10.2 Å². The molecule has 1 aliphatic rings. The van der Waals surface area contributed by atoms with Crippen molar-refractivity contribution in [2.75, 3.05) is 6.61 Å². The number of carbonyl (C=O) groups is 2. The van der Waals surface area contributed by atoms with E-state index < -0.39 is 6.04 Å². The molecular formula is C26H34N2O3. The number of aryl methyl sites for hydroxylation is 1. The van der Waals surface area contributed by atoms with Gasteiger partial charge in [-0.1, -0.05) is 68.7 Å². The lowest BCUT2D eigenvalue weighted by Crippen LogP contribution is -2.52. The summed E-state index contributed by atoms with van der Waals surface area (Å²) in [5.41, 5.74) is 2.07. The molecule has 1 atom stereocenters. The van der Waals surface area contributed by atoms with Crippen molar-refractivity contribution in [2.24, 2.45) is 0 Å². The number of nitrogens with one attached hydrogen (secondary N) is 1. The third kappa shape index (κ3) is 6.84. The number of hydrogen-bond donors (Lipinski definition) is 1. The van der Waals surface area contributed by atoms with Crippen LogP contribution in [0.4, 0.5) is 0 Å². The molecule has 0 aromatic heterocycles.